The second-order valence-electron chi connectivity index (χ2n) is 4.99. The molecule has 3 nitrogen and oxygen atoms in total. The summed E-state index contributed by atoms with van der Waals surface area (Å²) in [5.41, 5.74) is 3.63. The van der Waals surface area contributed by atoms with Gasteiger partial charge in [0.1, 0.15) is 0 Å². The minimum absolute atomic E-state index is 0.341. The SMILES string of the molecule is COC(=O)c1ccc(-c2ccc3sc(C=O)c(C)c3c2)cc1. The van der Waals surface area contributed by atoms with Crippen LogP contribution < -0.4 is 0 Å². The molecule has 0 aliphatic rings. The van der Waals surface area contributed by atoms with E-state index < -0.39 is 0 Å². The second-order valence-corrected chi connectivity index (χ2v) is 6.07. The van der Waals surface area contributed by atoms with Crippen molar-refractivity contribution in [2.45, 2.75) is 6.92 Å². The normalized spacial score (nSPS) is 10.6. The van der Waals surface area contributed by atoms with Crippen molar-refractivity contribution in [2.75, 3.05) is 7.11 Å². The van der Waals surface area contributed by atoms with Crippen LogP contribution in [0.2, 0.25) is 0 Å². The second kappa shape index (κ2) is 5.73. The lowest BCUT2D eigenvalue weighted by atomic mass is 10.0. The van der Waals surface area contributed by atoms with E-state index in [2.05, 4.69) is 6.07 Å². The van der Waals surface area contributed by atoms with E-state index in [1.54, 1.807) is 12.1 Å². The lowest BCUT2D eigenvalue weighted by Gasteiger charge is -2.04. The zero-order valence-corrected chi connectivity index (χ0v) is 13.1. The number of carbonyl (C=O) groups is 2. The standard InChI is InChI=1S/C18H14O3S/c1-11-15-9-14(7-8-16(15)22-17(11)10-19)12-3-5-13(6-4-12)18(20)21-2/h3-10H,1-2H3. The molecular formula is C18H14O3S. The molecule has 0 saturated heterocycles. The maximum Gasteiger partial charge on any atom is 0.337 e. The van der Waals surface area contributed by atoms with E-state index in [9.17, 15) is 9.59 Å². The number of benzene rings is 2. The molecule has 0 atom stereocenters. The fourth-order valence-electron chi connectivity index (χ4n) is 2.45. The van der Waals surface area contributed by atoms with Crippen LogP contribution in [0.5, 0.6) is 0 Å². The fourth-order valence-corrected chi connectivity index (χ4v) is 3.45. The van der Waals surface area contributed by atoms with Crippen molar-refractivity contribution in [3.05, 3.63) is 58.5 Å². The summed E-state index contributed by atoms with van der Waals surface area (Å²) in [6.07, 6.45) is 0.908. The van der Waals surface area contributed by atoms with E-state index >= 15 is 0 Å². The van der Waals surface area contributed by atoms with Gasteiger partial charge in [0.05, 0.1) is 17.6 Å². The lowest BCUT2D eigenvalue weighted by Crippen LogP contribution is -2.00. The highest BCUT2D eigenvalue weighted by molar-refractivity contribution is 7.20. The Labute approximate surface area is 132 Å². The maximum atomic E-state index is 11.5. The van der Waals surface area contributed by atoms with E-state index in [0.717, 1.165) is 37.9 Å². The van der Waals surface area contributed by atoms with Crippen LogP contribution in [0.15, 0.2) is 42.5 Å². The average Bonchev–Trinajstić information content (AvgIpc) is 2.90. The summed E-state index contributed by atoms with van der Waals surface area (Å²) in [7, 11) is 1.37. The van der Waals surface area contributed by atoms with Crippen LogP contribution in [0, 0.1) is 6.92 Å². The topological polar surface area (TPSA) is 43.4 Å². The minimum atomic E-state index is -0.341. The molecule has 3 rings (SSSR count). The Hall–Kier alpha value is -2.46. The molecule has 0 amide bonds. The summed E-state index contributed by atoms with van der Waals surface area (Å²) in [6.45, 7) is 1.96. The molecule has 110 valence electrons. The number of carbonyl (C=O) groups excluding carboxylic acids is 2. The Morgan fingerprint density at radius 3 is 2.41 bits per heavy atom. The molecule has 0 aliphatic heterocycles. The number of esters is 1. The predicted molar refractivity (Wildman–Crippen MR) is 88.7 cm³/mol. The first-order valence-corrected chi connectivity index (χ1v) is 7.63. The smallest absolute Gasteiger partial charge is 0.337 e. The van der Waals surface area contributed by atoms with Gasteiger partial charge < -0.3 is 4.74 Å². The van der Waals surface area contributed by atoms with Crippen molar-refractivity contribution in [1.82, 2.24) is 0 Å². The Morgan fingerprint density at radius 1 is 1.09 bits per heavy atom. The van der Waals surface area contributed by atoms with Gasteiger partial charge in [-0.3, -0.25) is 4.79 Å². The number of methoxy groups -OCH3 is 1. The summed E-state index contributed by atoms with van der Waals surface area (Å²) in [6, 6.07) is 13.4. The number of thiophene rings is 1. The van der Waals surface area contributed by atoms with Gasteiger partial charge in [-0.25, -0.2) is 4.79 Å². The van der Waals surface area contributed by atoms with Crippen LogP contribution in [-0.4, -0.2) is 19.4 Å². The third kappa shape index (κ3) is 2.42. The molecule has 22 heavy (non-hydrogen) atoms. The monoisotopic (exact) mass is 310 g/mol. The van der Waals surface area contributed by atoms with Gasteiger partial charge in [0, 0.05) is 4.70 Å². The number of rotatable bonds is 3. The molecule has 3 aromatic rings. The molecule has 2 aromatic carbocycles. The van der Waals surface area contributed by atoms with Crippen LogP contribution in [0.1, 0.15) is 25.6 Å². The first-order chi connectivity index (χ1) is 10.6. The van der Waals surface area contributed by atoms with Gasteiger partial charge in [-0.1, -0.05) is 18.2 Å². The molecule has 1 aromatic heterocycles. The van der Waals surface area contributed by atoms with E-state index in [1.807, 2.05) is 31.2 Å². The van der Waals surface area contributed by atoms with Crippen molar-refractivity contribution in [3.63, 3.8) is 0 Å². The Balaban J connectivity index is 2.04. The molecule has 0 bridgehead atoms. The highest BCUT2D eigenvalue weighted by Gasteiger charge is 2.10. The first-order valence-electron chi connectivity index (χ1n) is 6.81. The molecule has 0 unspecified atom stereocenters. The van der Waals surface area contributed by atoms with E-state index in [1.165, 1.54) is 18.4 Å². The number of aldehydes is 1. The molecule has 0 saturated carbocycles. The third-order valence-corrected chi connectivity index (χ3v) is 4.92. The number of hydrogen-bond donors (Lipinski definition) is 0. The summed E-state index contributed by atoms with van der Waals surface area (Å²) in [5.74, 6) is -0.341. The molecule has 0 spiro atoms. The first kappa shape index (κ1) is 14.5. The summed E-state index contributed by atoms with van der Waals surface area (Å²) in [4.78, 5) is 23.3. The van der Waals surface area contributed by atoms with Gasteiger partial charge in [-0.2, -0.15) is 0 Å². The Bertz CT molecular complexity index is 860. The van der Waals surface area contributed by atoms with Crippen molar-refractivity contribution in [1.29, 1.82) is 0 Å². The van der Waals surface area contributed by atoms with Gasteiger partial charge in [0.2, 0.25) is 0 Å². The van der Waals surface area contributed by atoms with Crippen LogP contribution in [0.3, 0.4) is 0 Å². The van der Waals surface area contributed by atoms with Gasteiger partial charge >= 0.3 is 5.97 Å². The summed E-state index contributed by atoms with van der Waals surface area (Å²) < 4.78 is 5.81. The lowest BCUT2D eigenvalue weighted by molar-refractivity contribution is 0.0600. The van der Waals surface area contributed by atoms with Crippen LogP contribution in [-0.2, 0) is 4.74 Å². The zero-order chi connectivity index (χ0) is 15.7. The van der Waals surface area contributed by atoms with Gasteiger partial charge in [-0.15, -0.1) is 11.3 Å². The highest BCUT2D eigenvalue weighted by Crippen LogP contribution is 2.33. The van der Waals surface area contributed by atoms with E-state index in [4.69, 9.17) is 4.74 Å². The van der Waals surface area contributed by atoms with Gasteiger partial charge in [0.25, 0.3) is 0 Å². The molecule has 4 heteroatoms. The highest BCUT2D eigenvalue weighted by atomic mass is 32.1. The Kier molecular flexibility index (Phi) is 3.77. The molecule has 1 heterocycles. The number of fused-ring (bicyclic) bond motifs is 1. The van der Waals surface area contributed by atoms with Crippen LogP contribution in [0.25, 0.3) is 21.2 Å². The maximum absolute atomic E-state index is 11.5. The van der Waals surface area contributed by atoms with Gasteiger partial charge in [-0.05, 0) is 53.3 Å². The quantitative estimate of drug-likeness (QED) is 0.529. The van der Waals surface area contributed by atoms with Crippen molar-refractivity contribution >= 4 is 33.7 Å². The van der Waals surface area contributed by atoms with Crippen LogP contribution >= 0.6 is 11.3 Å². The summed E-state index contributed by atoms with van der Waals surface area (Å²) in [5, 5.41) is 1.10. The largest absolute Gasteiger partial charge is 0.465 e. The minimum Gasteiger partial charge on any atom is -0.465 e. The average molecular weight is 310 g/mol. The summed E-state index contributed by atoms with van der Waals surface area (Å²) >= 11 is 1.51. The fraction of sp³-hybridized carbons (Fsp3) is 0.111. The number of hydrogen-bond acceptors (Lipinski definition) is 4. The molecule has 0 fully saturated rings. The van der Waals surface area contributed by atoms with E-state index in [-0.39, 0.29) is 5.97 Å². The van der Waals surface area contributed by atoms with Gasteiger partial charge in [0.15, 0.2) is 6.29 Å². The predicted octanol–water partition coefficient (Wildman–Crippen LogP) is 4.48. The Morgan fingerprint density at radius 2 is 1.77 bits per heavy atom. The third-order valence-electron chi connectivity index (χ3n) is 3.72. The van der Waals surface area contributed by atoms with Crippen molar-refractivity contribution in [3.8, 4) is 11.1 Å². The number of aryl methyl sites for hydroxylation is 1. The number of ether oxygens (including phenoxy) is 1. The van der Waals surface area contributed by atoms with Crippen molar-refractivity contribution < 1.29 is 14.3 Å². The van der Waals surface area contributed by atoms with Crippen LogP contribution in [0.4, 0.5) is 0 Å². The molecular weight excluding hydrogens is 296 g/mol. The zero-order valence-electron chi connectivity index (χ0n) is 12.3. The molecule has 0 aliphatic carbocycles. The molecule has 0 N–H and O–H groups in total. The van der Waals surface area contributed by atoms with E-state index in [0.29, 0.717) is 5.56 Å². The van der Waals surface area contributed by atoms with Crippen molar-refractivity contribution in [2.24, 2.45) is 0 Å². The molecule has 0 radical (unpaired) electrons.